The molecule has 14 heteroatoms. The Bertz CT molecular complexity index is 1950. The smallest absolute Gasteiger partial charge is 0.328 e. The van der Waals surface area contributed by atoms with E-state index in [0.717, 1.165) is 45.7 Å². The molecule has 0 bridgehead atoms. The number of carbonyl (C=O) groups excluding carboxylic acids is 2. The molecule has 0 radical (unpaired) electrons. The number of aliphatic carboxylic acids is 2. The van der Waals surface area contributed by atoms with E-state index >= 15 is 0 Å². The monoisotopic (exact) mass is 842 g/mol. The number of carboxylic acid groups (broad SMARTS) is 2. The molecule has 6 rings (SSSR count). The third kappa shape index (κ3) is 15.8. The minimum absolute atomic E-state index is 0.0439. The first-order valence-corrected chi connectivity index (χ1v) is 18.6. The van der Waals surface area contributed by atoms with Gasteiger partial charge in [-0.05, 0) is 108 Å². The van der Waals surface area contributed by atoms with E-state index in [1.165, 1.54) is 37.0 Å². The molecular formula is C42H42Cl4N2O8. The molecule has 296 valence electrons. The van der Waals surface area contributed by atoms with Gasteiger partial charge >= 0.3 is 11.9 Å². The highest BCUT2D eigenvalue weighted by molar-refractivity contribution is 6.31. The molecule has 0 saturated heterocycles. The molecule has 2 saturated carbocycles. The molecule has 4 aromatic carbocycles. The van der Waals surface area contributed by atoms with Crippen LogP contribution in [0.15, 0.2) is 109 Å². The molecule has 56 heavy (non-hydrogen) atoms. The van der Waals surface area contributed by atoms with Gasteiger partial charge in [-0.1, -0.05) is 94.9 Å². The van der Waals surface area contributed by atoms with E-state index in [1.54, 1.807) is 68.7 Å². The topological polar surface area (TPSA) is 134 Å². The Labute approximate surface area is 346 Å². The van der Waals surface area contributed by atoms with Gasteiger partial charge in [-0.25, -0.2) is 14.9 Å². The van der Waals surface area contributed by atoms with E-state index in [-0.39, 0.29) is 29.6 Å². The summed E-state index contributed by atoms with van der Waals surface area (Å²) in [7, 11) is 6.12. The molecule has 0 heterocycles. The van der Waals surface area contributed by atoms with E-state index in [2.05, 4.69) is 0 Å². The molecule has 0 spiro atoms. The summed E-state index contributed by atoms with van der Waals surface area (Å²) in [5.41, 5.74) is 3.99. The Morgan fingerprint density at radius 2 is 0.929 bits per heavy atom. The molecule has 2 aliphatic carbocycles. The van der Waals surface area contributed by atoms with Crippen LogP contribution >= 0.6 is 46.4 Å². The van der Waals surface area contributed by atoms with E-state index in [1.807, 2.05) is 48.5 Å². The van der Waals surface area contributed by atoms with Gasteiger partial charge in [-0.2, -0.15) is 0 Å². The molecule has 2 amide bonds. The van der Waals surface area contributed by atoms with Crippen LogP contribution in [0.3, 0.4) is 0 Å². The van der Waals surface area contributed by atoms with Gasteiger partial charge in [0.25, 0.3) is 5.91 Å². The van der Waals surface area contributed by atoms with Crippen LogP contribution in [0.4, 0.5) is 0 Å². The van der Waals surface area contributed by atoms with Gasteiger partial charge in [0.1, 0.15) is 0 Å². The molecule has 2 aliphatic rings. The minimum atomic E-state index is -0.954. The van der Waals surface area contributed by atoms with Gasteiger partial charge in [0.2, 0.25) is 5.91 Å². The first kappa shape index (κ1) is 45.7. The summed E-state index contributed by atoms with van der Waals surface area (Å²) >= 11 is 22.9. The van der Waals surface area contributed by atoms with E-state index in [0.29, 0.717) is 21.0 Å². The second-order valence-corrected chi connectivity index (χ2v) is 14.2. The average Bonchev–Trinajstić information content (AvgIpc) is 4.13. The summed E-state index contributed by atoms with van der Waals surface area (Å²) < 4.78 is 0. The van der Waals surface area contributed by atoms with Crippen LogP contribution in [0, 0.1) is 11.8 Å². The van der Waals surface area contributed by atoms with Crippen molar-refractivity contribution in [3.05, 3.63) is 152 Å². The van der Waals surface area contributed by atoms with Crippen molar-refractivity contribution >= 4 is 82.3 Å². The van der Waals surface area contributed by atoms with Crippen LogP contribution in [-0.4, -0.2) is 72.4 Å². The SMILES string of the molecule is CON(C)C(=O)/C=C/c1ccc(Cl)cc1.CON(C)C(=O)C1CC1c1ccc(Cl)cc1.O=C(O)/C=C/c1ccc(Cl)cc1.O=C(O)C1CC1c1ccc(Cl)cc1. The van der Waals surface area contributed by atoms with Crippen LogP contribution < -0.4 is 0 Å². The van der Waals surface area contributed by atoms with E-state index in [9.17, 15) is 19.2 Å². The summed E-state index contributed by atoms with van der Waals surface area (Å²) in [6.07, 6.45) is 7.40. The molecule has 4 unspecified atom stereocenters. The van der Waals surface area contributed by atoms with Crippen molar-refractivity contribution in [3.8, 4) is 0 Å². The molecule has 2 N–H and O–H groups in total. The summed E-state index contributed by atoms with van der Waals surface area (Å²) in [5, 5.41) is 22.2. The zero-order chi connectivity index (χ0) is 41.4. The Hall–Kier alpha value is -4.68. The Morgan fingerprint density at radius 3 is 1.29 bits per heavy atom. The van der Waals surface area contributed by atoms with Crippen molar-refractivity contribution in [1.82, 2.24) is 10.1 Å². The third-order valence-electron chi connectivity index (χ3n) is 8.56. The van der Waals surface area contributed by atoms with Crippen LogP contribution in [0.2, 0.25) is 20.1 Å². The lowest BCUT2D eigenvalue weighted by Crippen LogP contribution is -2.27. The van der Waals surface area contributed by atoms with Crippen molar-refractivity contribution in [3.63, 3.8) is 0 Å². The third-order valence-corrected chi connectivity index (χ3v) is 9.56. The number of benzene rings is 4. The van der Waals surface area contributed by atoms with E-state index in [4.69, 9.17) is 66.3 Å². The minimum Gasteiger partial charge on any atom is -0.481 e. The number of hydrogen-bond acceptors (Lipinski definition) is 6. The summed E-state index contributed by atoms with van der Waals surface area (Å²) in [6.45, 7) is 0. The van der Waals surface area contributed by atoms with Gasteiger partial charge in [0.05, 0.1) is 20.1 Å². The summed E-state index contributed by atoms with van der Waals surface area (Å²) in [6, 6.07) is 29.2. The van der Waals surface area contributed by atoms with Crippen molar-refractivity contribution in [2.45, 2.75) is 24.7 Å². The second-order valence-electron chi connectivity index (χ2n) is 12.5. The first-order valence-electron chi connectivity index (χ1n) is 17.1. The average molecular weight is 845 g/mol. The highest BCUT2D eigenvalue weighted by Gasteiger charge is 2.45. The van der Waals surface area contributed by atoms with Gasteiger partial charge in [0, 0.05) is 52.3 Å². The number of carboxylic acids is 2. The predicted octanol–water partition coefficient (Wildman–Crippen LogP) is 9.80. The van der Waals surface area contributed by atoms with Crippen LogP contribution in [0.1, 0.15) is 46.9 Å². The van der Waals surface area contributed by atoms with E-state index < -0.39 is 11.9 Å². The Kier molecular flexibility index (Phi) is 18.6. The number of likely N-dealkylation sites (N-methyl/N-ethyl adjacent to an activating group) is 1. The van der Waals surface area contributed by atoms with Gasteiger partial charge in [0.15, 0.2) is 0 Å². The lowest BCUT2D eigenvalue weighted by Gasteiger charge is -2.13. The fraction of sp³-hybridized carbons (Fsp3) is 0.238. The Balaban J connectivity index is 0.000000201. The van der Waals surface area contributed by atoms with Crippen LogP contribution in [-0.2, 0) is 28.9 Å². The van der Waals surface area contributed by atoms with Crippen LogP contribution in [0.5, 0.6) is 0 Å². The fourth-order valence-electron chi connectivity index (χ4n) is 5.09. The maximum Gasteiger partial charge on any atom is 0.328 e. The fourth-order valence-corrected chi connectivity index (χ4v) is 5.60. The lowest BCUT2D eigenvalue weighted by molar-refractivity contribution is -0.170. The predicted molar refractivity (Wildman–Crippen MR) is 220 cm³/mol. The highest BCUT2D eigenvalue weighted by atomic mass is 35.5. The molecule has 4 atom stereocenters. The molecule has 10 nitrogen and oxygen atoms in total. The summed E-state index contributed by atoms with van der Waals surface area (Å²) in [5.74, 6) is -1.41. The zero-order valence-electron chi connectivity index (χ0n) is 31.0. The van der Waals surface area contributed by atoms with Gasteiger partial charge in [-0.3, -0.25) is 24.1 Å². The maximum absolute atomic E-state index is 11.8. The number of hydrogen-bond donors (Lipinski definition) is 2. The molecular weight excluding hydrogens is 802 g/mol. The number of amides is 2. The number of halogens is 4. The number of hydroxylamine groups is 4. The number of rotatable bonds is 10. The number of carbonyl (C=O) groups is 4. The lowest BCUT2D eigenvalue weighted by atomic mass is 10.1. The first-order chi connectivity index (χ1) is 26.6. The zero-order valence-corrected chi connectivity index (χ0v) is 34.0. The highest BCUT2D eigenvalue weighted by Crippen LogP contribution is 2.49. The standard InChI is InChI=1S/C12H14ClNO2.C11H12ClNO2.C10H9ClO2.C9H7ClO2/c1-14(16-2)12(15)11-7-10(11)8-3-5-9(13)6-4-8;1-13(15-2)11(14)8-5-9-3-6-10(12)7-4-9;11-7-3-1-6(2-4-7)8-5-9(8)10(12)13;10-8-4-1-7(2-5-8)3-6-9(11)12/h3-6,10-11H,7H2,1-2H3;3-8H,1-2H3;1-4,8-9H,5H2,(H,12,13);1-6H,(H,11,12)/b;8-5+;;6-3+. The molecule has 0 aliphatic heterocycles. The molecule has 4 aromatic rings. The van der Waals surface area contributed by atoms with Crippen molar-refractivity contribution < 1.29 is 39.1 Å². The largest absolute Gasteiger partial charge is 0.481 e. The van der Waals surface area contributed by atoms with Crippen molar-refractivity contribution in [2.24, 2.45) is 11.8 Å². The van der Waals surface area contributed by atoms with Crippen LogP contribution in [0.25, 0.3) is 12.2 Å². The quantitative estimate of drug-likeness (QED) is 0.119. The van der Waals surface area contributed by atoms with Gasteiger partial charge < -0.3 is 10.2 Å². The number of nitrogens with zero attached hydrogens (tertiary/aromatic N) is 2. The van der Waals surface area contributed by atoms with Gasteiger partial charge in [-0.15, -0.1) is 0 Å². The van der Waals surface area contributed by atoms with Crippen molar-refractivity contribution in [2.75, 3.05) is 28.3 Å². The van der Waals surface area contributed by atoms with Crippen molar-refractivity contribution in [1.29, 1.82) is 0 Å². The second kappa shape index (κ2) is 22.8. The molecule has 2 fully saturated rings. The maximum atomic E-state index is 11.8. The Morgan fingerprint density at radius 1 is 0.571 bits per heavy atom. The summed E-state index contributed by atoms with van der Waals surface area (Å²) in [4.78, 5) is 53.4. The molecule has 0 aromatic heterocycles. The normalized spacial score (nSPS) is 17.6.